The molecule has 0 radical (unpaired) electrons. The number of benzene rings is 2. The van der Waals surface area contributed by atoms with Gasteiger partial charge in [-0.25, -0.2) is 0 Å². The normalized spacial score (nSPS) is 27.0. The molecule has 57 heavy (non-hydrogen) atoms. The van der Waals surface area contributed by atoms with Crippen LogP contribution in [0.2, 0.25) is 0 Å². The highest BCUT2D eigenvalue weighted by atomic mass is 32.1. The third kappa shape index (κ3) is 9.33. The van der Waals surface area contributed by atoms with E-state index in [4.69, 9.17) is 21.7 Å². The molecule has 2 unspecified atom stereocenters. The van der Waals surface area contributed by atoms with E-state index >= 15 is 0 Å². The lowest BCUT2D eigenvalue weighted by atomic mass is 9.89. The maximum Gasteiger partial charge on any atom is 0.417 e. The Labute approximate surface area is 336 Å². The number of carbonyl (C=O) groups is 4. The van der Waals surface area contributed by atoms with Crippen LogP contribution in [0.25, 0.3) is 0 Å². The number of alkyl halides is 3. The summed E-state index contributed by atoms with van der Waals surface area (Å²) in [6, 6.07) is 12.1. The molecule has 3 saturated heterocycles. The monoisotopic (exact) mass is 810 g/mol. The number of hydrogen-bond acceptors (Lipinski definition) is 9. The van der Waals surface area contributed by atoms with Gasteiger partial charge in [-0.1, -0.05) is 12.1 Å². The molecule has 2 aromatic rings. The molecular formula is C41H49F3N6O6S. The minimum Gasteiger partial charge on any atom is -0.376 e. The smallest absolute Gasteiger partial charge is 0.376 e. The van der Waals surface area contributed by atoms with Gasteiger partial charge < -0.3 is 19.7 Å². The van der Waals surface area contributed by atoms with E-state index < -0.39 is 28.7 Å². The summed E-state index contributed by atoms with van der Waals surface area (Å²) < 4.78 is 53.6. The summed E-state index contributed by atoms with van der Waals surface area (Å²) in [4.78, 5) is 55.5. The zero-order chi connectivity index (χ0) is 41.2. The number of halogens is 3. The van der Waals surface area contributed by atoms with Gasteiger partial charge in [0.2, 0.25) is 17.7 Å². The fourth-order valence-electron chi connectivity index (χ4n) is 8.74. The Balaban J connectivity index is 0.918. The number of nitrogens with zero attached hydrogens (tertiary/aromatic N) is 4. The molecule has 2 N–H and O–H groups in total. The highest BCUT2D eigenvalue weighted by Crippen LogP contribution is 2.41. The van der Waals surface area contributed by atoms with Crippen LogP contribution in [0.1, 0.15) is 102 Å². The number of thiocarbonyl (C=S) groups is 1. The van der Waals surface area contributed by atoms with Gasteiger partial charge in [-0.05, 0) is 121 Å². The van der Waals surface area contributed by atoms with Crippen molar-refractivity contribution in [1.29, 1.82) is 5.26 Å². The Morgan fingerprint density at radius 2 is 1.60 bits per heavy atom. The van der Waals surface area contributed by atoms with Crippen LogP contribution in [-0.2, 0) is 34.8 Å². The number of ether oxygens (including phenoxy) is 2. The molecule has 0 aromatic heterocycles. The summed E-state index contributed by atoms with van der Waals surface area (Å²) >= 11 is 5.72. The quantitative estimate of drug-likeness (QED) is 0.157. The van der Waals surface area contributed by atoms with Gasteiger partial charge in [0.25, 0.3) is 5.91 Å². The van der Waals surface area contributed by atoms with Gasteiger partial charge in [-0.2, -0.15) is 18.4 Å². The van der Waals surface area contributed by atoms with Crippen LogP contribution in [0.3, 0.4) is 0 Å². The molecule has 1 saturated carbocycles. The van der Waals surface area contributed by atoms with Gasteiger partial charge in [-0.15, -0.1) is 0 Å². The summed E-state index contributed by atoms with van der Waals surface area (Å²) in [7, 11) is 0. The molecule has 12 nitrogen and oxygen atoms in total. The molecule has 1 aliphatic carbocycles. The summed E-state index contributed by atoms with van der Waals surface area (Å²) in [5, 5.41) is 14.7. The maximum absolute atomic E-state index is 13.7. The van der Waals surface area contributed by atoms with Crippen LogP contribution < -0.4 is 15.5 Å². The average molecular weight is 811 g/mol. The summed E-state index contributed by atoms with van der Waals surface area (Å²) in [6.07, 6.45) is 0.382. The van der Waals surface area contributed by atoms with E-state index in [-0.39, 0.29) is 71.3 Å². The summed E-state index contributed by atoms with van der Waals surface area (Å²) in [6.45, 7) is 8.71. The third-order valence-corrected chi connectivity index (χ3v) is 12.1. The molecule has 3 aliphatic heterocycles. The van der Waals surface area contributed by atoms with Crippen molar-refractivity contribution in [1.82, 2.24) is 15.1 Å². The van der Waals surface area contributed by atoms with E-state index in [2.05, 4.69) is 29.4 Å². The standard InChI is InChI=1S/C41H49F3N6O6S/c1-24-19-32(20-25(2)48(24)23-36(52)46-28-8-5-26(6-9-28)33-15-16-35(51)47-37(33)53)56-18-17-55-31-13-11-29(12-14-31)50-39(57)49(38(54)40(50,3)4)30-10-7-27(22-45)34(21-30)41(42,43)44/h5-10,21,24-25,29,31-33H,11-20,23H2,1-4H3,(H,46,52)(H,47,51,53)/t24-,25+,29-,31-,32?,33?. The van der Waals surface area contributed by atoms with Crippen molar-refractivity contribution in [3.8, 4) is 6.07 Å². The minimum absolute atomic E-state index is 0.00403. The van der Waals surface area contributed by atoms with Gasteiger partial charge in [0, 0.05) is 30.2 Å². The summed E-state index contributed by atoms with van der Waals surface area (Å²) in [5.41, 5.74) is -1.28. The van der Waals surface area contributed by atoms with Crippen LogP contribution in [0, 0.1) is 11.3 Å². The van der Waals surface area contributed by atoms with Crippen molar-refractivity contribution in [2.45, 2.75) is 127 Å². The van der Waals surface area contributed by atoms with E-state index in [0.29, 0.717) is 44.6 Å². The molecule has 4 amide bonds. The molecule has 306 valence electrons. The van der Waals surface area contributed by atoms with Gasteiger partial charge >= 0.3 is 6.18 Å². The lowest BCUT2D eigenvalue weighted by Gasteiger charge is -2.42. The van der Waals surface area contributed by atoms with Crippen LogP contribution in [0.4, 0.5) is 24.5 Å². The Morgan fingerprint density at radius 3 is 2.19 bits per heavy atom. The fraction of sp³-hybridized carbons (Fsp3) is 0.561. The van der Waals surface area contributed by atoms with Crippen LogP contribution in [-0.4, -0.2) is 94.2 Å². The van der Waals surface area contributed by atoms with E-state index in [1.807, 2.05) is 17.0 Å². The van der Waals surface area contributed by atoms with Gasteiger partial charge in [0.15, 0.2) is 5.11 Å². The molecule has 4 atom stereocenters. The van der Waals surface area contributed by atoms with Crippen LogP contribution in [0.5, 0.6) is 0 Å². The molecule has 0 bridgehead atoms. The van der Waals surface area contributed by atoms with Crippen molar-refractivity contribution in [2.24, 2.45) is 0 Å². The van der Waals surface area contributed by atoms with Gasteiger partial charge in [-0.3, -0.25) is 34.3 Å². The number of imide groups is 1. The van der Waals surface area contributed by atoms with E-state index in [0.717, 1.165) is 48.3 Å². The van der Waals surface area contributed by atoms with E-state index in [1.54, 1.807) is 32.0 Å². The zero-order valence-electron chi connectivity index (χ0n) is 32.6. The largest absolute Gasteiger partial charge is 0.417 e. The second-order valence-corrected chi connectivity index (χ2v) is 16.4. The number of anilines is 2. The number of nitriles is 1. The third-order valence-electron chi connectivity index (χ3n) is 11.7. The zero-order valence-corrected chi connectivity index (χ0v) is 33.4. The number of likely N-dealkylation sites (tertiary alicyclic amines) is 1. The molecule has 2 aromatic carbocycles. The van der Waals surface area contributed by atoms with Crippen molar-refractivity contribution in [3.63, 3.8) is 0 Å². The van der Waals surface area contributed by atoms with Crippen LogP contribution in [0.15, 0.2) is 42.5 Å². The lowest BCUT2D eigenvalue weighted by Crippen LogP contribution is -2.51. The minimum atomic E-state index is -4.76. The number of piperidine rings is 2. The number of hydrogen-bond donors (Lipinski definition) is 2. The number of amides is 4. The highest BCUT2D eigenvalue weighted by Gasteiger charge is 2.52. The Hall–Kier alpha value is -4.43. The fourth-order valence-corrected chi connectivity index (χ4v) is 9.31. The van der Waals surface area contributed by atoms with E-state index in [1.165, 1.54) is 6.07 Å². The van der Waals surface area contributed by atoms with Crippen molar-refractivity contribution in [2.75, 3.05) is 30.0 Å². The second kappa shape index (κ2) is 17.2. The van der Waals surface area contributed by atoms with Crippen molar-refractivity contribution >= 4 is 52.3 Å². The number of rotatable bonds is 11. The molecule has 3 heterocycles. The first kappa shape index (κ1) is 42.2. The summed E-state index contributed by atoms with van der Waals surface area (Å²) in [5.74, 6) is -1.49. The molecular weight excluding hydrogens is 762 g/mol. The number of nitrogens with one attached hydrogen (secondary N) is 2. The molecule has 0 spiro atoms. The van der Waals surface area contributed by atoms with Gasteiger partial charge in [0.1, 0.15) is 5.54 Å². The molecule has 16 heteroatoms. The predicted molar refractivity (Wildman–Crippen MR) is 209 cm³/mol. The highest BCUT2D eigenvalue weighted by molar-refractivity contribution is 7.80. The number of carbonyl (C=O) groups excluding carboxylic acids is 4. The SMILES string of the molecule is C[C@@H]1CC(OCCO[C@H]2CC[C@H](N3C(=S)N(c4ccc(C#N)c(C(F)(F)F)c4)C(=O)C3(C)C)CC2)C[C@H](C)N1CC(=O)Nc1ccc(C2CCC(=O)NC2=O)cc1. The maximum atomic E-state index is 13.7. The average Bonchev–Trinajstić information content (AvgIpc) is 3.33. The molecule has 4 fully saturated rings. The van der Waals surface area contributed by atoms with Crippen molar-refractivity contribution in [3.05, 3.63) is 59.2 Å². The predicted octanol–water partition coefficient (Wildman–Crippen LogP) is 6.03. The first-order valence-corrected chi connectivity index (χ1v) is 19.9. The Morgan fingerprint density at radius 1 is 0.965 bits per heavy atom. The van der Waals surface area contributed by atoms with Crippen molar-refractivity contribution < 1.29 is 41.8 Å². The van der Waals surface area contributed by atoms with Gasteiger partial charge in [0.05, 0.1) is 60.8 Å². The first-order valence-electron chi connectivity index (χ1n) is 19.5. The Kier molecular flexibility index (Phi) is 12.7. The van der Waals surface area contributed by atoms with E-state index in [9.17, 15) is 37.6 Å². The molecule has 6 rings (SSSR count). The lowest BCUT2D eigenvalue weighted by molar-refractivity contribution is -0.138. The second-order valence-electron chi connectivity index (χ2n) is 16.0. The Bertz CT molecular complexity index is 1900. The van der Waals surface area contributed by atoms with Crippen LogP contribution >= 0.6 is 12.2 Å². The topological polar surface area (TPSA) is 144 Å². The molecule has 4 aliphatic rings. The first-order chi connectivity index (χ1) is 27.0.